The van der Waals surface area contributed by atoms with E-state index in [9.17, 15) is 38.4 Å². The molecule has 0 aliphatic carbocycles. The van der Waals surface area contributed by atoms with E-state index >= 15 is 0 Å². The second-order valence-electron chi connectivity index (χ2n) is 9.97. The van der Waals surface area contributed by atoms with Gasteiger partial charge in [-0.1, -0.05) is 0 Å². The number of isocyanates is 1. The number of carbonyl (C=O) groups excluding carboxylic acids is 8. The lowest BCUT2D eigenvalue weighted by Gasteiger charge is -2.46. The molecule has 0 amide bonds. The minimum atomic E-state index is -2.47. The summed E-state index contributed by atoms with van der Waals surface area (Å²) >= 11 is 0. The van der Waals surface area contributed by atoms with Gasteiger partial charge in [0.25, 0.3) is 0 Å². The third-order valence-electron chi connectivity index (χ3n) is 6.12. The molecule has 0 bridgehead atoms. The van der Waals surface area contributed by atoms with Crippen molar-refractivity contribution < 1.29 is 85.7 Å². The Morgan fingerprint density at radius 2 is 1.13 bits per heavy atom. The van der Waals surface area contributed by atoms with Crippen molar-refractivity contribution in [3.8, 4) is 0 Å². The summed E-state index contributed by atoms with van der Waals surface area (Å²) in [6.07, 6.45) is -11.8. The first-order valence-corrected chi connectivity index (χ1v) is 13.7. The molecule has 9 atom stereocenters. The molecule has 0 N–H and O–H groups in total. The van der Waals surface area contributed by atoms with Crippen molar-refractivity contribution in [1.29, 1.82) is 0 Å². The lowest BCUT2D eigenvalue weighted by Crippen LogP contribution is -2.65. The molecule has 0 aromatic rings. The minimum Gasteiger partial charge on any atom is -0.463 e. The summed E-state index contributed by atoms with van der Waals surface area (Å²) in [7, 11) is 0. The van der Waals surface area contributed by atoms with E-state index in [1.165, 1.54) is 6.08 Å². The number of rotatable bonds is 13. The van der Waals surface area contributed by atoms with E-state index in [-0.39, 0.29) is 0 Å². The molecule has 0 aromatic heterocycles. The number of carbonyl (C=O) groups is 7. The lowest BCUT2D eigenvalue weighted by molar-refractivity contribution is -0.383. The van der Waals surface area contributed by atoms with Gasteiger partial charge in [0.1, 0.15) is 25.4 Å². The van der Waals surface area contributed by atoms with Gasteiger partial charge in [0.05, 0.1) is 6.54 Å². The zero-order valence-corrected chi connectivity index (χ0v) is 26.0. The first-order valence-electron chi connectivity index (χ1n) is 13.7. The van der Waals surface area contributed by atoms with Crippen LogP contribution in [0.5, 0.6) is 0 Å². The predicted molar refractivity (Wildman–Crippen MR) is 141 cm³/mol. The minimum absolute atomic E-state index is 0.525. The van der Waals surface area contributed by atoms with Crippen LogP contribution in [0, 0.1) is 0 Å². The second kappa shape index (κ2) is 16.7. The van der Waals surface area contributed by atoms with Crippen LogP contribution in [-0.2, 0) is 85.7 Å². The third-order valence-corrected chi connectivity index (χ3v) is 6.12. The normalized spacial score (nSPS) is 30.1. The summed E-state index contributed by atoms with van der Waals surface area (Å²) in [4.78, 5) is 98.9. The summed E-state index contributed by atoms with van der Waals surface area (Å²) in [5.74, 6) is -8.76. The highest BCUT2D eigenvalue weighted by molar-refractivity contribution is 5.69. The Kier molecular flexibility index (Phi) is 13.7. The van der Waals surface area contributed by atoms with E-state index in [0.29, 0.717) is 0 Å². The zero-order valence-electron chi connectivity index (χ0n) is 26.0. The highest BCUT2D eigenvalue weighted by Gasteiger charge is 2.64. The summed E-state index contributed by atoms with van der Waals surface area (Å²) in [5, 5.41) is 0. The molecule has 0 aromatic carbocycles. The summed E-state index contributed by atoms with van der Waals surface area (Å²) in [6, 6.07) is 0. The van der Waals surface area contributed by atoms with Crippen molar-refractivity contribution in [3.05, 3.63) is 0 Å². The number of hydrogen-bond donors (Lipinski definition) is 0. The average Bonchev–Trinajstić information content (AvgIpc) is 3.18. The number of nitrogens with zero attached hydrogens (tertiary/aromatic N) is 1. The Morgan fingerprint density at radius 3 is 1.63 bits per heavy atom. The molecule has 19 heteroatoms. The first kappa shape index (κ1) is 37.7. The maximum atomic E-state index is 12.3. The van der Waals surface area contributed by atoms with Crippen LogP contribution in [0.3, 0.4) is 0 Å². The van der Waals surface area contributed by atoms with E-state index < -0.39 is 116 Å². The van der Waals surface area contributed by atoms with Crippen molar-refractivity contribution in [2.75, 3.05) is 19.8 Å². The molecular formula is C27H35NO18. The number of hydrogen-bond acceptors (Lipinski definition) is 19. The van der Waals surface area contributed by atoms with E-state index in [1.807, 2.05) is 0 Å². The lowest BCUT2D eigenvalue weighted by atomic mass is 9.97. The fourth-order valence-electron chi connectivity index (χ4n) is 4.70. The highest BCUT2D eigenvalue weighted by Crippen LogP contribution is 2.41. The van der Waals surface area contributed by atoms with Crippen LogP contribution in [0.1, 0.15) is 48.5 Å². The molecule has 2 rings (SSSR count). The van der Waals surface area contributed by atoms with Crippen molar-refractivity contribution >= 4 is 47.9 Å². The molecule has 0 unspecified atom stereocenters. The summed E-state index contributed by atoms with van der Waals surface area (Å²) < 4.78 is 55.2. The van der Waals surface area contributed by atoms with Crippen LogP contribution in [0.15, 0.2) is 4.99 Å². The van der Waals surface area contributed by atoms with Gasteiger partial charge in [-0.15, -0.1) is 0 Å². The van der Waals surface area contributed by atoms with Gasteiger partial charge in [-0.3, -0.25) is 33.6 Å². The van der Waals surface area contributed by atoms with E-state index in [2.05, 4.69) is 4.99 Å². The first-order chi connectivity index (χ1) is 21.5. The van der Waals surface area contributed by atoms with Gasteiger partial charge in [0.2, 0.25) is 18.2 Å². The Morgan fingerprint density at radius 1 is 0.630 bits per heavy atom. The smallest absolute Gasteiger partial charge is 0.303 e. The Bertz CT molecular complexity index is 1230. The Hall–Kier alpha value is -4.45. The fourth-order valence-corrected chi connectivity index (χ4v) is 4.70. The molecule has 2 heterocycles. The average molecular weight is 662 g/mol. The van der Waals surface area contributed by atoms with Crippen molar-refractivity contribution in [1.82, 2.24) is 0 Å². The molecule has 19 nitrogen and oxygen atoms in total. The molecule has 0 radical (unpaired) electrons. The van der Waals surface area contributed by atoms with Gasteiger partial charge in [-0.2, -0.15) is 0 Å². The molecule has 2 aliphatic heterocycles. The monoisotopic (exact) mass is 661 g/mol. The highest BCUT2D eigenvalue weighted by atomic mass is 16.8. The number of esters is 7. The SMILES string of the molecule is CC(=O)OC[C@H]1O[C@H](O[C@]2(COC(C)=O)O[C@H](CN=C=O)[C@@H](OC(C)=O)[C@@H]2OC(C)=O)[C@H](OC(C)=O)[C@@H](OC(C)=O)[C@@H]1OC(C)=O. The Labute approximate surface area is 262 Å². The van der Waals surface area contributed by atoms with Gasteiger partial charge < -0.3 is 47.4 Å². The standard InChI is InChI=1S/C27H35NO18/c1-12(30)37-9-20-21(39-14(3)32)23(41-16(5)34)24(42-17(6)35)26(44-20)46-27(10-38-13(2)31)25(43-18(7)36)22(40-15(4)33)19(45-27)8-28-11-29/h19-26H,8-10H2,1-7H3/t19-,20-,21-,22-,23+,24-,25+,26-,27+/m1/s1. The van der Waals surface area contributed by atoms with Crippen molar-refractivity contribution in [2.45, 2.75) is 103 Å². The van der Waals surface area contributed by atoms with Gasteiger partial charge in [0, 0.05) is 48.5 Å². The molecular weight excluding hydrogens is 626 g/mol. The van der Waals surface area contributed by atoms with Gasteiger partial charge >= 0.3 is 41.8 Å². The number of ether oxygens (including phenoxy) is 10. The predicted octanol–water partition coefficient (Wildman–Crippen LogP) is -1.06. The number of aliphatic imine (C=N–C) groups is 1. The molecule has 256 valence electrons. The van der Waals surface area contributed by atoms with E-state index in [0.717, 1.165) is 48.5 Å². The van der Waals surface area contributed by atoms with Crippen molar-refractivity contribution in [2.24, 2.45) is 4.99 Å². The van der Waals surface area contributed by atoms with Gasteiger partial charge in [-0.05, 0) is 0 Å². The van der Waals surface area contributed by atoms with Crippen LogP contribution in [0.4, 0.5) is 0 Å². The summed E-state index contributed by atoms with van der Waals surface area (Å²) in [5.41, 5.74) is 0. The quantitative estimate of drug-likeness (QED) is 0.0988. The third kappa shape index (κ3) is 10.6. The van der Waals surface area contributed by atoms with Gasteiger partial charge in [0.15, 0.2) is 30.5 Å². The summed E-state index contributed by atoms with van der Waals surface area (Å²) in [6.45, 7) is 5.09. The fraction of sp³-hybridized carbons (Fsp3) is 0.704. The van der Waals surface area contributed by atoms with Crippen LogP contribution in [0.25, 0.3) is 0 Å². The Balaban J connectivity index is 2.79. The molecule has 2 aliphatic rings. The maximum absolute atomic E-state index is 12.3. The van der Waals surface area contributed by atoms with Gasteiger partial charge in [-0.25, -0.2) is 9.79 Å². The van der Waals surface area contributed by atoms with Crippen LogP contribution in [-0.4, -0.2) is 122 Å². The topological polar surface area (TPSA) is 241 Å². The molecule has 0 spiro atoms. The van der Waals surface area contributed by atoms with Crippen molar-refractivity contribution in [3.63, 3.8) is 0 Å². The van der Waals surface area contributed by atoms with E-state index in [4.69, 9.17) is 47.4 Å². The maximum Gasteiger partial charge on any atom is 0.303 e. The second-order valence-corrected chi connectivity index (χ2v) is 9.97. The van der Waals surface area contributed by atoms with E-state index in [1.54, 1.807) is 0 Å². The zero-order chi connectivity index (χ0) is 34.8. The largest absolute Gasteiger partial charge is 0.463 e. The molecule has 46 heavy (non-hydrogen) atoms. The molecule has 2 saturated heterocycles. The molecule has 0 saturated carbocycles. The van der Waals surface area contributed by atoms with Crippen LogP contribution in [0.2, 0.25) is 0 Å². The molecule has 2 fully saturated rings. The van der Waals surface area contributed by atoms with Crippen LogP contribution < -0.4 is 0 Å². The van der Waals surface area contributed by atoms with Crippen LogP contribution >= 0.6 is 0 Å².